The van der Waals surface area contributed by atoms with Crippen molar-refractivity contribution in [2.45, 2.75) is 19.0 Å². The number of alkyl halides is 1. The molecule has 1 rings (SSSR count). The lowest BCUT2D eigenvalue weighted by Gasteiger charge is -2.18. The molecule has 0 saturated carbocycles. The van der Waals surface area contributed by atoms with Gasteiger partial charge in [-0.2, -0.15) is 0 Å². The predicted octanol–water partition coefficient (Wildman–Crippen LogP) is 3.33. The molecule has 0 aromatic heterocycles. The Kier molecular flexibility index (Phi) is 3.93. The van der Waals surface area contributed by atoms with Gasteiger partial charge in [-0.25, -0.2) is 4.39 Å². The summed E-state index contributed by atoms with van der Waals surface area (Å²) in [6.45, 7) is 1.49. The fourth-order valence-corrected chi connectivity index (χ4v) is 1.73. The van der Waals surface area contributed by atoms with Crippen molar-refractivity contribution in [1.29, 1.82) is 0 Å². The SMILES string of the molecule is CC(F)(CN)Cc1cc(Cl)ccc1Br. The van der Waals surface area contributed by atoms with Crippen LogP contribution in [0.15, 0.2) is 22.7 Å². The van der Waals surface area contributed by atoms with Gasteiger partial charge in [0.15, 0.2) is 0 Å². The minimum atomic E-state index is -1.38. The molecule has 0 amide bonds. The van der Waals surface area contributed by atoms with Crippen molar-refractivity contribution in [3.05, 3.63) is 33.3 Å². The minimum absolute atomic E-state index is 0.00591. The van der Waals surface area contributed by atoms with Crippen LogP contribution >= 0.6 is 27.5 Å². The van der Waals surface area contributed by atoms with E-state index in [9.17, 15) is 4.39 Å². The predicted molar refractivity (Wildman–Crippen MR) is 61.4 cm³/mol. The first kappa shape index (κ1) is 12.0. The first-order chi connectivity index (χ1) is 6.44. The number of nitrogens with two attached hydrogens (primary N) is 1. The molecule has 0 aliphatic heterocycles. The lowest BCUT2D eigenvalue weighted by Crippen LogP contribution is -2.31. The van der Waals surface area contributed by atoms with E-state index in [1.165, 1.54) is 6.92 Å². The molecule has 0 bridgehead atoms. The smallest absolute Gasteiger partial charge is 0.124 e. The van der Waals surface area contributed by atoms with E-state index < -0.39 is 5.67 Å². The maximum absolute atomic E-state index is 13.6. The van der Waals surface area contributed by atoms with Crippen LogP contribution in [0, 0.1) is 0 Å². The van der Waals surface area contributed by atoms with Gasteiger partial charge in [0.2, 0.25) is 0 Å². The molecule has 1 nitrogen and oxygen atoms in total. The average Bonchev–Trinajstić information content (AvgIpc) is 2.11. The van der Waals surface area contributed by atoms with Gasteiger partial charge in [0, 0.05) is 22.5 Å². The maximum Gasteiger partial charge on any atom is 0.124 e. The van der Waals surface area contributed by atoms with Gasteiger partial charge in [-0.3, -0.25) is 0 Å². The lowest BCUT2D eigenvalue weighted by molar-refractivity contribution is 0.200. The van der Waals surface area contributed by atoms with Crippen molar-refractivity contribution in [1.82, 2.24) is 0 Å². The second-order valence-corrected chi connectivity index (χ2v) is 4.82. The summed E-state index contributed by atoms with van der Waals surface area (Å²) in [6.07, 6.45) is 0.268. The average molecular weight is 281 g/mol. The molecular formula is C10H12BrClFN. The highest BCUT2D eigenvalue weighted by Gasteiger charge is 2.22. The summed E-state index contributed by atoms with van der Waals surface area (Å²) in [6, 6.07) is 5.32. The van der Waals surface area contributed by atoms with E-state index in [0.717, 1.165) is 10.0 Å². The van der Waals surface area contributed by atoms with Gasteiger partial charge >= 0.3 is 0 Å². The Labute approximate surface area is 96.6 Å². The molecule has 0 aliphatic carbocycles. The van der Waals surface area contributed by atoms with E-state index in [2.05, 4.69) is 15.9 Å². The number of benzene rings is 1. The maximum atomic E-state index is 13.6. The number of halogens is 3. The van der Waals surface area contributed by atoms with E-state index in [-0.39, 0.29) is 13.0 Å². The lowest BCUT2D eigenvalue weighted by atomic mass is 9.98. The summed E-state index contributed by atoms with van der Waals surface area (Å²) in [5, 5.41) is 0.607. The van der Waals surface area contributed by atoms with Gasteiger partial charge in [-0.05, 0) is 30.7 Å². The Hall–Kier alpha value is -0.120. The summed E-state index contributed by atoms with van der Waals surface area (Å²) < 4.78 is 14.5. The van der Waals surface area contributed by atoms with Crippen LogP contribution in [0.3, 0.4) is 0 Å². The Bertz CT molecular complexity index is 328. The molecule has 78 valence electrons. The molecule has 14 heavy (non-hydrogen) atoms. The molecule has 2 N–H and O–H groups in total. The highest BCUT2D eigenvalue weighted by molar-refractivity contribution is 9.10. The van der Waals surface area contributed by atoms with Crippen molar-refractivity contribution < 1.29 is 4.39 Å². The molecule has 1 unspecified atom stereocenters. The standard InChI is InChI=1S/C10H12BrClFN/c1-10(13,6-14)5-7-4-8(12)2-3-9(7)11/h2-4H,5-6,14H2,1H3. The third-order valence-corrected chi connectivity index (χ3v) is 3.00. The second-order valence-electron chi connectivity index (χ2n) is 3.53. The van der Waals surface area contributed by atoms with E-state index in [0.29, 0.717) is 5.02 Å². The van der Waals surface area contributed by atoms with Gasteiger partial charge in [0.05, 0.1) is 0 Å². The van der Waals surface area contributed by atoms with Crippen molar-refractivity contribution in [3.63, 3.8) is 0 Å². The van der Waals surface area contributed by atoms with Crippen LogP contribution in [0.2, 0.25) is 5.02 Å². The first-order valence-corrected chi connectivity index (χ1v) is 5.44. The fourth-order valence-electron chi connectivity index (χ4n) is 1.15. The van der Waals surface area contributed by atoms with Crippen LogP contribution in [-0.2, 0) is 6.42 Å². The molecule has 0 fully saturated rings. The van der Waals surface area contributed by atoms with Gasteiger partial charge in [-0.1, -0.05) is 27.5 Å². The quantitative estimate of drug-likeness (QED) is 0.903. The molecule has 0 radical (unpaired) electrons. The summed E-state index contributed by atoms with van der Waals surface area (Å²) in [4.78, 5) is 0. The minimum Gasteiger partial charge on any atom is -0.328 e. The van der Waals surface area contributed by atoms with Gasteiger partial charge in [0.25, 0.3) is 0 Å². The molecule has 0 spiro atoms. The molecule has 1 atom stereocenters. The first-order valence-electron chi connectivity index (χ1n) is 4.27. The summed E-state index contributed by atoms with van der Waals surface area (Å²) in [5.74, 6) is 0. The second kappa shape index (κ2) is 4.60. The normalized spacial score (nSPS) is 15.2. The molecule has 0 saturated heterocycles. The number of rotatable bonds is 3. The van der Waals surface area contributed by atoms with Crippen molar-refractivity contribution in [3.8, 4) is 0 Å². The molecule has 1 aromatic rings. The molecule has 0 aliphatic rings. The molecule has 0 heterocycles. The molecule has 4 heteroatoms. The molecular weight excluding hydrogens is 268 g/mol. The van der Waals surface area contributed by atoms with Crippen LogP contribution in [0.25, 0.3) is 0 Å². The third-order valence-electron chi connectivity index (χ3n) is 1.99. The summed E-state index contributed by atoms with van der Waals surface area (Å²) >= 11 is 9.16. The zero-order chi connectivity index (χ0) is 10.8. The Morgan fingerprint density at radius 2 is 2.21 bits per heavy atom. The zero-order valence-electron chi connectivity index (χ0n) is 7.86. The highest BCUT2D eigenvalue weighted by atomic mass is 79.9. The topological polar surface area (TPSA) is 26.0 Å². The number of hydrogen-bond acceptors (Lipinski definition) is 1. The van der Waals surface area contributed by atoms with Gasteiger partial charge in [0.1, 0.15) is 5.67 Å². The third kappa shape index (κ3) is 3.23. The van der Waals surface area contributed by atoms with E-state index in [1.54, 1.807) is 12.1 Å². The summed E-state index contributed by atoms with van der Waals surface area (Å²) in [7, 11) is 0. The van der Waals surface area contributed by atoms with Crippen molar-refractivity contribution in [2.75, 3.05) is 6.54 Å². The van der Waals surface area contributed by atoms with Crippen LogP contribution in [0.1, 0.15) is 12.5 Å². The van der Waals surface area contributed by atoms with Crippen LogP contribution in [-0.4, -0.2) is 12.2 Å². The largest absolute Gasteiger partial charge is 0.328 e. The van der Waals surface area contributed by atoms with Crippen LogP contribution in [0.4, 0.5) is 4.39 Å². The van der Waals surface area contributed by atoms with E-state index >= 15 is 0 Å². The van der Waals surface area contributed by atoms with E-state index in [4.69, 9.17) is 17.3 Å². The highest BCUT2D eigenvalue weighted by Crippen LogP contribution is 2.26. The van der Waals surface area contributed by atoms with E-state index in [1.807, 2.05) is 6.07 Å². The monoisotopic (exact) mass is 279 g/mol. The van der Waals surface area contributed by atoms with Crippen LogP contribution < -0.4 is 5.73 Å². The molecule has 1 aromatic carbocycles. The zero-order valence-corrected chi connectivity index (χ0v) is 10.2. The van der Waals surface area contributed by atoms with Crippen LogP contribution in [0.5, 0.6) is 0 Å². The number of hydrogen-bond donors (Lipinski definition) is 1. The fraction of sp³-hybridized carbons (Fsp3) is 0.400. The van der Waals surface area contributed by atoms with Crippen molar-refractivity contribution >= 4 is 27.5 Å². The Morgan fingerprint density at radius 3 is 2.79 bits per heavy atom. The van der Waals surface area contributed by atoms with Gasteiger partial charge < -0.3 is 5.73 Å². The Balaban J connectivity index is 2.91. The van der Waals surface area contributed by atoms with Gasteiger partial charge in [-0.15, -0.1) is 0 Å². The Morgan fingerprint density at radius 1 is 1.57 bits per heavy atom. The summed E-state index contributed by atoms with van der Waals surface area (Å²) in [5.41, 5.74) is 4.78. The van der Waals surface area contributed by atoms with Crippen molar-refractivity contribution in [2.24, 2.45) is 5.73 Å².